The van der Waals surface area contributed by atoms with Gasteiger partial charge in [-0.05, 0) is 45.1 Å². The van der Waals surface area contributed by atoms with Gasteiger partial charge in [-0.2, -0.15) is 0 Å². The maximum absolute atomic E-state index is 12.7. The lowest BCUT2D eigenvalue weighted by Crippen LogP contribution is -2.53. The van der Waals surface area contributed by atoms with E-state index in [1.165, 1.54) is 32.1 Å². The molecule has 25 heavy (non-hydrogen) atoms. The molecule has 2 saturated heterocycles. The van der Waals surface area contributed by atoms with Crippen molar-refractivity contribution in [1.82, 2.24) is 15.1 Å². The van der Waals surface area contributed by atoms with Crippen LogP contribution in [0.4, 0.5) is 0 Å². The van der Waals surface area contributed by atoms with Crippen molar-refractivity contribution >= 4 is 24.2 Å². The highest BCUT2D eigenvalue weighted by Crippen LogP contribution is 2.27. The molecule has 2 aliphatic heterocycles. The number of nitrogens with one attached hydrogen (secondary N) is 1. The number of carbonyl (C=O) groups excluding carboxylic acids is 2. The Morgan fingerprint density at radius 3 is 2.24 bits per heavy atom. The molecule has 2 heterocycles. The quantitative estimate of drug-likeness (QED) is 0.829. The van der Waals surface area contributed by atoms with E-state index in [0.717, 1.165) is 38.9 Å². The smallest absolute Gasteiger partial charge is 0.225 e. The third-order valence-corrected chi connectivity index (χ3v) is 6.11. The average Bonchev–Trinajstić information content (AvgIpc) is 2.62. The number of piperidine rings is 1. The maximum atomic E-state index is 12.7. The van der Waals surface area contributed by atoms with Crippen molar-refractivity contribution in [1.29, 1.82) is 0 Å². The van der Waals surface area contributed by atoms with Crippen LogP contribution in [0.3, 0.4) is 0 Å². The number of halogens is 1. The SMILES string of the molecule is C[C@H]1C[C@@H](C(=O)N2CCN(C(=O)CC3CCCCC3)CC2)CCN1.Cl. The van der Waals surface area contributed by atoms with Gasteiger partial charge in [0, 0.05) is 44.6 Å². The van der Waals surface area contributed by atoms with Crippen LogP contribution in [-0.2, 0) is 9.59 Å². The Labute approximate surface area is 158 Å². The summed E-state index contributed by atoms with van der Waals surface area (Å²) >= 11 is 0. The number of rotatable bonds is 3. The van der Waals surface area contributed by atoms with Crippen LogP contribution in [0, 0.1) is 11.8 Å². The zero-order valence-corrected chi connectivity index (χ0v) is 16.4. The van der Waals surface area contributed by atoms with Gasteiger partial charge in [0.1, 0.15) is 0 Å². The summed E-state index contributed by atoms with van der Waals surface area (Å²) in [5.74, 6) is 1.39. The highest BCUT2D eigenvalue weighted by Gasteiger charge is 2.31. The van der Waals surface area contributed by atoms with Crippen molar-refractivity contribution in [3.63, 3.8) is 0 Å². The minimum Gasteiger partial charge on any atom is -0.339 e. The molecular formula is C19H34ClN3O2. The van der Waals surface area contributed by atoms with Crippen LogP contribution >= 0.6 is 12.4 Å². The first kappa shape index (κ1) is 20.5. The van der Waals surface area contributed by atoms with E-state index in [2.05, 4.69) is 12.2 Å². The first-order chi connectivity index (χ1) is 11.6. The molecule has 0 unspecified atom stereocenters. The minimum atomic E-state index is 0. The lowest BCUT2D eigenvalue weighted by Gasteiger charge is -2.38. The van der Waals surface area contributed by atoms with Crippen LogP contribution in [0.25, 0.3) is 0 Å². The number of nitrogens with zero attached hydrogens (tertiary/aromatic N) is 2. The lowest BCUT2D eigenvalue weighted by atomic mass is 9.86. The predicted molar refractivity (Wildman–Crippen MR) is 102 cm³/mol. The van der Waals surface area contributed by atoms with Gasteiger partial charge in [0.05, 0.1) is 0 Å². The van der Waals surface area contributed by atoms with E-state index >= 15 is 0 Å². The summed E-state index contributed by atoms with van der Waals surface area (Å²) in [6, 6.07) is 0.436. The number of hydrogen-bond acceptors (Lipinski definition) is 3. The second-order valence-electron chi connectivity index (χ2n) is 7.99. The largest absolute Gasteiger partial charge is 0.339 e. The molecule has 2 amide bonds. The van der Waals surface area contributed by atoms with E-state index < -0.39 is 0 Å². The fourth-order valence-corrected chi connectivity index (χ4v) is 4.56. The molecule has 0 aromatic rings. The van der Waals surface area contributed by atoms with Gasteiger partial charge in [-0.3, -0.25) is 9.59 Å². The third kappa shape index (κ3) is 5.58. The second kappa shape index (κ2) is 9.77. The monoisotopic (exact) mass is 371 g/mol. The Balaban J connectivity index is 0.00000225. The molecule has 0 aromatic heterocycles. The first-order valence-corrected chi connectivity index (χ1v) is 9.93. The molecule has 1 aliphatic carbocycles. The van der Waals surface area contributed by atoms with Crippen LogP contribution in [0.1, 0.15) is 58.3 Å². The first-order valence-electron chi connectivity index (χ1n) is 9.93. The molecular weight excluding hydrogens is 338 g/mol. The Morgan fingerprint density at radius 1 is 0.960 bits per heavy atom. The van der Waals surface area contributed by atoms with E-state index in [4.69, 9.17) is 0 Å². The lowest BCUT2D eigenvalue weighted by molar-refractivity contribution is -0.143. The normalized spacial score (nSPS) is 28.4. The van der Waals surface area contributed by atoms with Crippen LogP contribution in [0.15, 0.2) is 0 Å². The summed E-state index contributed by atoms with van der Waals surface area (Å²) in [6.45, 7) is 5.97. The molecule has 1 N–H and O–H groups in total. The fraction of sp³-hybridized carbons (Fsp3) is 0.895. The van der Waals surface area contributed by atoms with Gasteiger partial charge in [-0.15, -0.1) is 12.4 Å². The van der Waals surface area contributed by atoms with E-state index in [-0.39, 0.29) is 18.3 Å². The Bertz CT molecular complexity index is 446. The zero-order chi connectivity index (χ0) is 16.9. The van der Waals surface area contributed by atoms with Crippen molar-refractivity contribution in [3.8, 4) is 0 Å². The highest BCUT2D eigenvalue weighted by atomic mass is 35.5. The third-order valence-electron chi connectivity index (χ3n) is 6.11. The van der Waals surface area contributed by atoms with Crippen LogP contribution < -0.4 is 5.32 Å². The van der Waals surface area contributed by atoms with Gasteiger partial charge in [0.2, 0.25) is 11.8 Å². The summed E-state index contributed by atoms with van der Waals surface area (Å²) in [7, 11) is 0. The molecule has 0 spiro atoms. The van der Waals surface area contributed by atoms with Gasteiger partial charge >= 0.3 is 0 Å². The van der Waals surface area contributed by atoms with Gasteiger partial charge < -0.3 is 15.1 Å². The Kier molecular flexibility index (Phi) is 8.01. The zero-order valence-electron chi connectivity index (χ0n) is 15.5. The summed E-state index contributed by atoms with van der Waals surface area (Å²) < 4.78 is 0. The average molecular weight is 372 g/mol. The van der Waals surface area contributed by atoms with Crippen LogP contribution in [0.2, 0.25) is 0 Å². The molecule has 6 heteroatoms. The van der Waals surface area contributed by atoms with Gasteiger partial charge in [-0.25, -0.2) is 0 Å². The van der Waals surface area contributed by atoms with Crippen LogP contribution in [-0.4, -0.2) is 60.4 Å². The summed E-state index contributed by atoms with van der Waals surface area (Å²) in [4.78, 5) is 29.2. The molecule has 0 radical (unpaired) electrons. The molecule has 144 valence electrons. The Morgan fingerprint density at radius 2 is 1.60 bits per heavy atom. The molecule has 3 aliphatic rings. The highest BCUT2D eigenvalue weighted by molar-refractivity contribution is 5.85. The van der Waals surface area contributed by atoms with E-state index in [9.17, 15) is 9.59 Å². The van der Waals surface area contributed by atoms with E-state index in [1.807, 2.05) is 9.80 Å². The summed E-state index contributed by atoms with van der Waals surface area (Å²) in [5, 5.41) is 3.41. The molecule has 5 nitrogen and oxygen atoms in total. The van der Waals surface area contributed by atoms with Gasteiger partial charge in [-0.1, -0.05) is 19.3 Å². The van der Waals surface area contributed by atoms with E-state index in [1.54, 1.807) is 0 Å². The van der Waals surface area contributed by atoms with Crippen molar-refractivity contribution < 1.29 is 9.59 Å². The predicted octanol–water partition coefficient (Wildman–Crippen LogP) is 2.44. The fourth-order valence-electron chi connectivity index (χ4n) is 4.56. The summed E-state index contributed by atoms with van der Waals surface area (Å²) in [5.41, 5.74) is 0. The van der Waals surface area contributed by atoms with Gasteiger partial charge in [0.25, 0.3) is 0 Å². The number of amides is 2. The standard InChI is InChI=1S/C19H33N3O2.ClH/c1-15-13-17(7-8-20-15)19(24)22-11-9-21(10-12-22)18(23)14-16-5-3-2-4-6-16;/h15-17,20H,2-14H2,1H3;1H/t15-,17-;/m0./s1. The number of hydrogen-bond donors (Lipinski definition) is 1. The van der Waals surface area contributed by atoms with Crippen molar-refractivity contribution in [2.24, 2.45) is 11.8 Å². The molecule has 2 atom stereocenters. The van der Waals surface area contributed by atoms with E-state index in [0.29, 0.717) is 36.9 Å². The molecule has 1 saturated carbocycles. The number of piperazine rings is 1. The van der Waals surface area contributed by atoms with Gasteiger partial charge in [0.15, 0.2) is 0 Å². The van der Waals surface area contributed by atoms with Crippen molar-refractivity contribution in [2.45, 2.75) is 64.3 Å². The molecule has 0 bridgehead atoms. The topological polar surface area (TPSA) is 52.7 Å². The molecule has 3 rings (SSSR count). The number of carbonyl (C=O) groups is 2. The second-order valence-corrected chi connectivity index (χ2v) is 7.99. The summed E-state index contributed by atoms with van der Waals surface area (Å²) in [6.07, 6.45) is 8.96. The molecule has 3 fully saturated rings. The maximum Gasteiger partial charge on any atom is 0.225 e. The Hall–Kier alpha value is -0.810. The van der Waals surface area contributed by atoms with Crippen molar-refractivity contribution in [3.05, 3.63) is 0 Å². The van der Waals surface area contributed by atoms with Crippen LogP contribution in [0.5, 0.6) is 0 Å². The van der Waals surface area contributed by atoms with Crippen molar-refractivity contribution in [2.75, 3.05) is 32.7 Å². The minimum absolute atomic E-state index is 0. The molecule has 0 aromatic carbocycles.